The van der Waals surface area contributed by atoms with Crippen LogP contribution in [-0.4, -0.2) is 41.7 Å². The lowest BCUT2D eigenvalue weighted by Gasteiger charge is -2.35. The minimum atomic E-state index is -0.381. The van der Waals surface area contributed by atoms with E-state index >= 15 is 0 Å². The number of carbonyl (C=O) groups is 1. The number of aromatic hydroxyl groups is 1. The molecule has 1 fully saturated rings. The second-order valence-electron chi connectivity index (χ2n) is 9.41. The zero-order valence-electron chi connectivity index (χ0n) is 20.5. The Hall–Kier alpha value is -3.15. The summed E-state index contributed by atoms with van der Waals surface area (Å²) in [6.45, 7) is 10.4. The Balaban J connectivity index is 1.51. The summed E-state index contributed by atoms with van der Waals surface area (Å²) >= 11 is 0. The van der Waals surface area contributed by atoms with Crippen molar-refractivity contribution < 1.29 is 14.6 Å². The van der Waals surface area contributed by atoms with Crippen LogP contribution in [0.15, 0.2) is 60.7 Å². The molecule has 2 unspecified atom stereocenters. The standard InChI is InChI=1S/C29H34N2O3/c1-19-5-8-24(9-6-19)22(4)30-29(33)28-18-34-12-11-31(28)17-23-14-25(16-26(32)15-23)27-10-7-20(2)13-21(27)3/h5-10,13-16,22,28,32H,11-12,17-18H2,1-4H3,(H,30,33). The Morgan fingerprint density at radius 3 is 2.53 bits per heavy atom. The Bertz CT molecular complexity index is 1160. The Morgan fingerprint density at radius 1 is 1.06 bits per heavy atom. The summed E-state index contributed by atoms with van der Waals surface area (Å²) in [7, 11) is 0. The molecule has 0 saturated carbocycles. The summed E-state index contributed by atoms with van der Waals surface area (Å²) in [6, 6.07) is 19.8. The molecule has 2 atom stereocenters. The first-order valence-electron chi connectivity index (χ1n) is 11.9. The van der Waals surface area contributed by atoms with Crippen LogP contribution in [0, 0.1) is 20.8 Å². The Labute approximate surface area is 202 Å². The third kappa shape index (κ3) is 5.66. The number of hydrogen-bond acceptors (Lipinski definition) is 4. The highest BCUT2D eigenvalue weighted by Crippen LogP contribution is 2.29. The summed E-state index contributed by atoms with van der Waals surface area (Å²) < 4.78 is 5.67. The van der Waals surface area contributed by atoms with Crippen molar-refractivity contribution in [1.82, 2.24) is 10.2 Å². The molecular weight excluding hydrogens is 424 g/mol. The topological polar surface area (TPSA) is 61.8 Å². The van der Waals surface area contributed by atoms with Crippen LogP contribution in [0.4, 0.5) is 0 Å². The summed E-state index contributed by atoms with van der Waals surface area (Å²) in [5, 5.41) is 13.6. The lowest BCUT2D eigenvalue weighted by molar-refractivity contribution is -0.133. The third-order valence-electron chi connectivity index (χ3n) is 6.53. The number of benzene rings is 3. The molecule has 4 rings (SSSR count). The molecule has 3 aromatic carbocycles. The zero-order valence-corrected chi connectivity index (χ0v) is 20.5. The highest BCUT2D eigenvalue weighted by atomic mass is 16.5. The number of amides is 1. The van der Waals surface area contributed by atoms with Gasteiger partial charge in [-0.2, -0.15) is 0 Å². The number of aryl methyl sites for hydroxylation is 3. The van der Waals surface area contributed by atoms with Gasteiger partial charge >= 0.3 is 0 Å². The highest BCUT2D eigenvalue weighted by molar-refractivity contribution is 5.82. The first-order valence-corrected chi connectivity index (χ1v) is 11.9. The van der Waals surface area contributed by atoms with Gasteiger partial charge in [-0.05, 0) is 73.7 Å². The van der Waals surface area contributed by atoms with E-state index in [9.17, 15) is 9.90 Å². The van der Waals surface area contributed by atoms with Crippen molar-refractivity contribution in [3.63, 3.8) is 0 Å². The minimum Gasteiger partial charge on any atom is -0.508 e. The van der Waals surface area contributed by atoms with E-state index in [0.29, 0.717) is 26.3 Å². The van der Waals surface area contributed by atoms with E-state index < -0.39 is 0 Å². The van der Waals surface area contributed by atoms with Crippen molar-refractivity contribution in [2.24, 2.45) is 0 Å². The molecule has 0 bridgehead atoms. The van der Waals surface area contributed by atoms with Gasteiger partial charge in [-0.1, -0.05) is 53.6 Å². The van der Waals surface area contributed by atoms with E-state index in [-0.39, 0.29) is 23.7 Å². The van der Waals surface area contributed by atoms with E-state index in [1.807, 2.05) is 6.92 Å². The number of nitrogens with zero attached hydrogens (tertiary/aromatic N) is 1. The van der Waals surface area contributed by atoms with Crippen molar-refractivity contribution >= 4 is 5.91 Å². The first kappa shape index (κ1) is 24.0. The van der Waals surface area contributed by atoms with Crippen molar-refractivity contribution in [1.29, 1.82) is 0 Å². The van der Waals surface area contributed by atoms with Crippen LogP contribution in [-0.2, 0) is 16.1 Å². The quantitative estimate of drug-likeness (QED) is 0.542. The van der Waals surface area contributed by atoms with Gasteiger partial charge < -0.3 is 15.2 Å². The van der Waals surface area contributed by atoms with Crippen molar-refractivity contribution in [2.45, 2.75) is 46.3 Å². The van der Waals surface area contributed by atoms with Crippen LogP contribution in [0.2, 0.25) is 0 Å². The van der Waals surface area contributed by atoms with Gasteiger partial charge in [0.05, 0.1) is 19.3 Å². The Morgan fingerprint density at radius 2 is 1.79 bits per heavy atom. The van der Waals surface area contributed by atoms with Crippen LogP contribution in [0.5, 0.6) is 5.75 Å². The molecule has 1 aliphatic heterocycles. The van der Waals surface area contributed by atoms with Gasteiger partial charge in [-0.15, -0.1) is 0 Å². The molecule has 1 aliphatic rings. The van der Waals surface area contributed by atoms with Crippen LogP contribution < -0.4 is 5.32 Å². The van der Waals surface area contributed by atoms with Crippen LogP contribution in [0.25, 0.3) is 11.1 Å². The molecule has 1 heterocycles. The van der Waals surface area contributed by atoms with Gasteiger partial charge in [0, 0.05) is 13.1 Å². The zero-order chi connectivity index (χ0) is 24.2. The fraction of sp³-hybridized carbons (Fsp3) is 0.345. The molecule has 0 radical (unpaired) electrons. The molecule has 5 nitrogen and oxygen atoms in total. The number of phenolic OH excluding ortho intramolecular Hbond substituents is 1. The molecular formula is C29H34N2O3. The van der Waals surface area contributed by atoms with Crippen LogP contribution in [0.3, 0.4) is 0 Å². The fourth-order valence-corrected chi connectivity index (χ4v) is 4.61. The second-order valence-corrected chi connectivity index (χ2v) is 9.41. The summed E-state index contributed by atoms with van der Waals surface area (Å²) in [6.07, 6.45) is 0. The van der Waals surface area contributed by atoms with E-state index in [4.69, 9.17) is 4.74 Å². The molecule has 1 amide bonds. The smallest absolute Gasteiger partial charge is 0.240 e. The molecule has 2 N–H and O–H groups in total. The average Bonchev–Trinajstić information content (AvgIpc) is 2.79. The van der Waals surface area contributed by atoms with Gasteiger partial charge in [0.25, 0.3) is 0 Å². The number of ether oxygens (including phenoxy) is 1. The van der Waals surface area contributed by atoms with Crippen LogP contribution >= 0.6 is 0 Å². The lowest BCUT2D eigenvalue weighted by atomic mass is 9.96. The number of rotatable bonds is 6. The number of carbonyl (C=O) groups excluding carboxylic acids is 1. The van der Waals surface area contributed by atoms with Gasteiger partial charge in [0.1, 0.15) is 11.8 Å². The van der Waals surface area contributed by atoms with Gasteiger partial charge in [-0.3, -0.25) is 9.69 Å². The first-order chi connectivity index (χ1) is 16.3. The predicted molar refractivity (Wildman–Crippen MR) is 136 cm³/mol. The fourth-order valence-electron chi connectivity index (χ4n) is 4.61. The monoisotopic (exact) mass is 458 g/mol. The van der Waals surface area contributed by atoms with Crippen molar-refractivity contribution in [3.8, 4) is 16.9 Å². The second kappa shape index (κ2) is 10.4. The SMILES string of the molecule is Cc1ccc(C(C)NC(=O)C2COCCN2Cc2cc(O)cc(-c3ccc(C)cc3C)c2)cc1. The largest absolute Gasteiger partial charge is 0.508 e. The molecule has 0 aliphatic carbocycles. The van der Waals surface area contributed by atoms with Crippen LogP contribution in [0.1, 0.15) is 40.8 Å². The number of hydrogen-bond donors (Lipinski definition) is 2. The lowest BCUT2D eigenvalue weighted by Crippen LogP contribution is -2.53. The number of nitrogens with one attached hydrogen (secondary N) is 1. The molecule has 0 spiro atoms. The molecule has 0 aromatic heterocycles. The van der Waals surface area contributed by atoms with E-state index in [0.717, 1.165) is 22.3 Å². The summed E-state index contributed by atoms with van der Waals surface area (Å²) in [5.41, 5.74) is 7.71. The van der Waals surface area contributed by atoms with E-state index in [1.54, 1.807) is 12.1 Å². The minimum absolute atomic E-state index is 0.0393. The molecule has 178 valence electrons. The molecule has 34 heavy (non-hydrogen) atoms. The Kier molecular flexibility index (Phi) is 7.35. The number of phenols is 1. The molecule has 5 heteroatoms. The van der Waals surface area contributed by atoms with E-state index in [1.165, 1.54) is 16.7 Å². The molecule has 1 saturated heterocycles. The summed E-state index contributed by atoms with van der Waals surface area (Å²) in [4.78, 5) is 15.3. The van der Waals surface area contributed by atoms with Gasteiger partial charge in [-0.25, -0.2) is 0 Å². The normalized spacial score (nSPS) is 17.4. The van der Waals surface area contributed by atoms with Gasteiger partial charge in [0.2, 0.25) is 5.91 Å². The van der Waals surface area contributed by atoms with Gasteiger partial charge in [0.15, 0.2) is 0 Å². The van der Waals surface area contributed by atoms with E-state index in [2.05, 4.69) is 79.5 Å². The third-order valence-corrected chi connectivity index (χ3v) is 6.53. The average molecular weight is 459 g/mol. The van der Waals surface area contributed by atoms with Crippen molar-refractivity contribution in [3.05, 3.63) is 88.5 Å². The maximum atomic E-state index is 13.2. The number of morpholine rings is 1. The highest BCUT2D eigenvalue weighted by Gasteiger charge is 2.30. The molecule has 3 aromatic rings. The maximum absolute atomic E-state index is 13.2. The predicted octanol–water partition coefficient (Wildman–Crippen LogP) is 5.06. The van der Waals surface area contributed by atoms with Crippen molar-refractivity contribution in [2.75, 3.05) is 19.8 Å². The maximum Gasteiger partial charge on any atom is 0.240 e. The summed E-state index contributed by atoms with van der Waals surface area (Å²) in [5.74, 6) is 0.192.